The molecule has 0 aliphatic carbocycles. The van der Waals surface area contributed by atoms with E-state index in [4.69, 9.17) is 6.42 Å². The fourth-order valence-corrected chi connectivity index (χ4v) is 2.91. The average molecular weight is 324 g/mol. The molecule has 1 aromatic carbocycles. The normalized spacial score (nSPS) is 17.2. The smallest absolute Gasteiger partial charge is 0.227 e. The lowest BCUT2D eigenvalue weighted by molar-refractivity contribution is -0.118. The van der Waals surface area contributed by atoms with Crippen molar-refractivity contribution >= 4 is 23.2 Å². The van der Waals surface area contributed by atoms with Crippen LogP contribution in [-0.2, 0) is 16.0 Å². The van der Waals surface area contributed by atoms with Gasteiger partial charge in [0, 0.05) is 50.5 Å². The minimum absolute atomic E-state index is 0.0860. The molecular weight excluding hydrogens is 304 g/mol. The lowest BCUT2D eigenvalue weighted by Gasteiger charge is -2.26. The number of anilines is 2. The first-order valence-electron chi connectivity index (χ1n) is 8.10. The molecule has 0 aromatic heterocycles. The Labute approximate surface area is 141 Å². The molecule has 2 heterocycles. The maximum atomic E-state index is 12.2. The predicted octanol–water partition coefficient (Wildman–Crippen LogP) is 2.89. The van der Waals surface area contributed by atoms with E-state index in [0.29, 0.717) is 37.8 Å². The van der Waals surface area contributed by atoms with Gasteiger partial charge in [0.15, 0.2) is 5.66 Å². The molecule has 6 heteroatoms. The van der Waals surface area contributed by atoms with Gasteiger partial charge >= 0.3 is 0 Å². The molecule has 2 aliphatic heterocycles. The van der Waals surface area contributed by atoms with Gasteiger partial charge in [-0.2, -0.15) is 10.2 Å². The third-order valence-corrected chi connectivity index (χ3v) is 4.52. The molecule has 6 nitrogen and oxygen atoms in total. The number of nitrogens with one attached hydrogen (secondary N) is 1. The van der Waals surface area contributed by atoms with Crippen LogP contribution < -0.4 is 10.2 Å². The largest absolute Gasteiger partial charge is 0.326 e. The number of hydrogen-bond acceptors (Lipinski definition) is 4. The second-order valence-electron chi connectivity index (χ2n) is 6.23. The Morgan fingerprint density at radius 1 is 1.38 bits per heavy atom. The van der Waals surface area contributed by atoms with Crippen molar-refractivity contribution in [3.63, 3.8) is 0 Å². The number of rotatable bonds is 6. The summed E-state index contributed by atoms with van der Waals surface area (Å²) in [7, 11) is 1.76. The number of carbonyl (C=O) groups excluding carboxylic acids is 2. The van der Waals surface area contributed by atoms with Gasteiger partial charge in [0.25, 0.3) is 0 Å². The van der Waals surface area contributed by atoms with Crippen LogP contribution in [0.15, 0.2) is 28.4 Å². The fraction of sp³-hybridized carbons (Fsp3) is 0.444. The molecule has 0 radical (unpaired) electrons. The highest BCUT2D eigenvalue weighted by Crippen LogP contribution is 2.37. The first-order chi connectivity index (χ1) is 11.5. The van der Waals surface area contributed by atoms with Crippen molar-refractivity contribution in [2.75, 3.05) is 17.3 Å². The van der Waals surface area contributed by atoms with Crippen LogP contribution in [0.5, 0.6) is 0 Å². The van der Waals surface area contributed by atoms with E-state index in [0.717, 1.165) is 17.7 Å². The van der Waals surface area contributed by atoms with Gasteiger partial charge in [-0.15, -0.1) is 12.3 Å². The summed E-state index contributed by atoms with van der Waals surface area (Å²) in [6.45, 7) is 0. The second-order valence-corrected chi connectivity index (χ2v) is 6.23. The zero-order chi connectivity index (χ0) is 17.2. The maximum Gasteiger partial charge on any atom is 0.227 e. The Bertz CT molecular complexity index is 742. The van der Waals surface area contributed by atoms with Gasteiger partial charge in [-0.05, 0) is 24.1 Å². The average Bonchev–Trinajstić information content (AvgIpc) is 3.35. The molecule has 0 saturated heterocycles. The summed E-state index contributed by atoms with van der Waals surface area (Å²) >= 11 is 0. The third-order valence-electron chi connectivity index (χ3n) is 4.52. The van der Waals surface area contributed by atoms with Crippen molar-refractivity contribution in [3.8, 4) is 12.3 Å². The van der Waals surface area contributed by atoms with Crippen molar-refractivity contribution in [1.29, 1.82) is 0 Å². The predicted molar refractivity (Wildman–Crippen MR) is 91.7 cm³/mol. The third kappa shape index (κ3) is 3.46. The number of carbonyl (C=O) groups is 2. The molecule has 2 amide bonds. The van der Waals surface area contributed by atoms with Crippen LogP contribution in [0.4, 0.5) is 11.4 Å². The first kappa shape index (κ1) is 16.2. The number of aryl methyl sites for hydroxylation is 1. The molecular formula is C18H20N4O2. The quantitative estimate of drug-likeness (QED) is 0.817. The number of fused-ring (bicyclic) bond motifs is 1. The highest BCUT2D eigenvalue weighted by molar-refractivity contribution is 5.97. The fourth-order valence-electron chi connectivity index (χ4n) is 2.91. The Balaban J connectivity index is 1.57. The van der Waals surface area contributed by atoms with Gasteiger partial charge in [-0.1, -0.05) is 6.07 Å². The Kier molecular flexibility index (Phi) is 4.34. The van der Waals surface area contributed by atoms with E-state index in [1.54, 1.807) is 11.9 Å². The van der Waals surface area contributed by atoms with Gasteiger partial charge in [0.1, 0.15) is 0 Å². The van der Waals surface area contributed by atoms with E-state index in [-0.39, 0.29) is 11.8 Å². The molecule has 24 heavy (non-hydrogen) atoms. The molecule has 0 spiro atoms. The lowest BCUT2D eigenvalue weighted by atomic mass is 10.0. The maximum absolute atomic E-state index is 12.2. The van der Waals surface area contributed by atoms with Gasteiger partial charge in [0.05, 0.1) is 0 Å². The van der Waals surface area contributed by atoms with Crippen molar-refractivity contribution in [3.05, 3.63) is 23.8 Å². The Morgan fingerprint density at radius 3 is 2.88 bits per heavy atom. The molecule has 1 aromatic rings. The summed E-state index contributed by atoms with van der Waals surface area (Å²) in [4.78, 5) is 25.6. The van der Waals surface area contributed by atoms with E-state index in [2.05, 4.69) is 21.5 Å². The van der Waals surface area contributed by atoms with Crippen LogP contribution in [0, 0.1) is 12.3 Å². The highest BCUT2D eigenvalue weighted by Gasteiger charge is 2.39. The molecule has 1 N–H and O–H groups in total. The topological polar surface area (TPSA) is 74.1 Å². The molecule has 2 aliphatic rings. The minimum Gasteiger partial charge on any atom is -0.326 e. The molecule has 124 valence electrons. The van der Waals surface area contributed by atoms with Crippen molar-refractivity contribution in [2.24, 2.45) is 10.2 Å². The molecule has 0 saturated carbocycles. The molecule has 3 rings (SSSR count). The van der Waals surface area contributed by atoms with Crippen LogP contribution in [0.25, 0.3) is 0 Å². The monoisotopic (exact) mass is 324 g/mol. The second kappa shape index (κ2) is 6.44. The number of hydrogen-bond donors (Lipinski definition) is 1. The van der Waals surface area contributed by atoms with Crippen molar-refractivity contribution < 1.29 is 9.59 Å². The van der Waals surface area contributed by atoms with Gasteiger partial charge in [-0.25, -0.2) is 0 Å². The summed E-state index contributed by atoms with van der Waals surface area (Å²) < 4.78 is 0. The Hall–Kier alpha value is -2.68. The van der Waals surface area contributed by atoms with Crippen molar-refractivity contribution in [1.82, 2.24) is 0 Å². The minimum atomic E-state index is -0.438. The highest BCUT2D eigenvalue weighted by atomic mass is 16.2. The standard InChI is InChI=1S/C18H20N4O2/c1-3-4-10-18(20-21-18)11-9-16(23)19-14-7-5-13-6-8-17(24)22(2)15(13)12-14/h1,5,7,12H,4,6,8-11H2,2H3,(H,19,23). The van der Waals surface area contributed by atoms with E-state index in [1.165, 1.54) is 0 Å². The summed E-state index contributed by atoms with van der Waals surface area (Å²) in [5.74, 6) is 2.58. The molecule has 0 bridgehead atoms. The van der Waals surface area contributed by atoms with Crippen LogP contribution >= 0.6 is 0 Å². The van der Waals surface area contributed by atoms with E-state index >= 15 is 0 Å². The van der Waals surface area contributed by atoms with E-state index in [1.807, 2.05) is 18.2 Å². The SMILES string of the molecule is C#CCCC1(CCC(=O)Nc2ccc3c(c2)N(C)C(=O)CC3)N=N1. The summed E-state index contributed by atoms with van der Waals surface area (Å²) in [5.41, 5.74) is 2.25. The van der Waals surface area contributed by atoms with Gasteiger partial charge < -0.3 is 10.2 Å². The molecule has 0 atom stereocenters. The van der Waals surface area contributed by atoms with E-state index in [9.17, 15) is 9.59 Å². The van der Waals surface area contributed by atoms with Crippen LogP contribution in [0.3, 0.4) is 0 Å². The van der Waals surface area contributed by atoms with Crippen LogP contribution in [-0.4, -0.2) is 24.5 Å². The first-order valence-corrected chi connectivity index (χ1v) is 8.10. The number of terminal acetylenes is 1. The number of nitrogens with zero attached hydrogens (tertiary/aromatic N) is 3. The molecule has 0 fully saturated rings. The number of amides is 2. The lowest BCUT2D eigenvalue weighted by Crippen LogP contribution is -2.31. The van der Waals surface area contributed by atoms with Gasteiger partial charge in [0.2, 0.25) is 11.8 Å². The number of benzene rings is 1. The zero-order valence-corrected chi connectivity index (χ0v) is 13.7. The zero-order valence-electron chi connectivity index (χ0n) is 13.7. The summed E-state index contributed by atoms with van der Waals surface area (Å²) in [5, 5.41) is 10.9. The van der Waals surface area contributed by atoms with Gasteiger partial charge in [-0.3, -0.25) is 9.59 Å². The van der Waals surface area contributed by atoms with Crippen LogP contribution in [0.2, 0.25) is 0 Å². The van der Waals surface area contributed by atoms with Crippen LogP contribution in [0.1, 0.15) is 37.7 Å². The molecule has 0 unspecified atom stereocenters. The van der Waals surface area contributed by atoms with Crippen molar-refractivity contribution in [2.45, 2.75) is 44.2 Å². The van der Waals surface area contributed by atoms with E-state index < -0.39 is 5.66 Å². The summed E-state index contributed by atoms with van der Waals surface area (Å²) in [6.07, 6.45) is 8.75. The summed E-state index contributed by atoms with van der Waals surface area (Å²) in [6, 6.07) is 5.69. The Morgan fingerprint density at radius 2 is 2.17 bits per heavy atom.